The van der Waals surface area contributed by atoms with Gasteiger partial charge in [0.2, 0.25) is 5.95 Å². The molecule has 0 amide bonds. The number of nitrogens with zero attached hydrogens (tertiary/aromatic N) is 3. The molecule has 98 valence electrons. The van der Waals surface area contributed by atoms with Crippen LogP contribution >= 0.6 is 11.6 Å². The van der Waals surface area contributed by atoms with Gasteiger partial charge in [0.1, 0.15) is 5.02 Å². The van der Waals surface area contributed by atoms with E-state index in [-0.39, 0.29) is 5.95 Å². The molecule has 0 radical (unpaired) electrons. The number of hydrogen-bond donors (Lipinski definition) is 1. The van der Waals surface area contributed by atoms with Gasteiger partial charge in [-0.3, -0.25) is 0 Å². The third-order valence-corrected chi connectivity index (χ3v) is 3.63. The summed E-state index contributed by atoms with van der Waals surface area (Å²) in [7, 11) is 0. The average molecular weight is 275 g/mol. The van der Waals surface area contributed by atoms with E-state index in [9.17, 15) is 0 Å². The third kappa shape index (κ3) is 2.36. The molecule has 1 aromatic heterocycles. The number of para-hydroxylation sites is 1. The third-order valence-electron chi connectivity index (χ3n) is 3.36. The first-order chi connectivity index (χ1) is 9.25. The Morgan fingerprint density at radius 3 is 2.95 bits per heavy atom. The van der Waals surface area contributed by atoms with Crippen LogP contribution in [-0.2, 0) is 6.42 Å². The van der Waals surface area contributed by atoms with Crippen molar-refractivity contribution in [3.05, 3.63) is 41.0 Å². The molecule has 0 saturated carbocycles. The number of fused-ring (bicyclic) bond motifs is 1. The Balaban J connectivity index is 2.11. The summed E-state index contributed by atoms with van der Waals surface area (Å²) in [4.78, 5) is 10.4. The molecule has 1 aromatic carbocycles. The van der Waals surface area contributed by atoms with Crippen LogP contribution in [0.4, 0.5) is 17.5 Å². The van der Waals surface area contributed by atoms with Crippen molar-refractivity contribution in [2.75, 3.05) is 17.2 Å². The standard InChI is InChI=1S/C14H15ClN4/c15-11-9-17-14(16)18-13(11)19-8-4-3-6-10-5-1-2-7-12(10)19/h1-2,5,7,9H,3-4,6,8H2,(H2,16,17,18). The van der Waals surface area contributed by atoms with E-state index in [0.717, 1.165) is 19.4 Å². The fraction of sp³-hybridized carbons (Fsp3) is 0.286. The summed E-state index contributed by atoms with van der Waals surface area (Å²) in [5.41, 5.74) is 8.18. The molecule has 4 nitrogen and oxygen atoms in total. The molecule has 2 aromatic rings. The van der Waals surface area contributed by atoms with Gasteiger partial charge in [0.05, 0.1) is 6.20 Å². The summed E-state index contributed by atoms with van der Waals surface area (Å²) in [5, 5.41) is 0.533. The van der Waals surface area contributed by atoms with E-state index >= 15 is 0 Å². The van der Waals surface area contributed by atoms with Crippen molar-refractivity contribution in [2.24, 2.45) is 0 Å². The van der Waals surface area contributed by atoms with E-state index in [1.54, 1.807) is 6.20 Å². The molecule has 2 N–H and O–H groups in total. The van der Waals surface area contributed by atoms with E-state index in [4.69, 9.17) is 17.3 Å². The lowest BCUT2D eigenvalue weighted by molar-refractivity contribution is 0.757. The van der Waals surface area contributed by atoms with Crippen molar-refractivity contribution in [1.82, 2.24) is 9.97 Å². The van der Waals surface area contributed by atoms with Gasteiger partial charge in [0.15, 0.2) is 5.82 Å². The number of anilines is 3. The minimum atomic E-state index is 0.251. The van der Waals surface area contributed by atoms with E-state index in [1.165, 1.54) is 17.7 Å². The number of nitrogens with two attached hydrogens (primary N) is 1. The maximum atomic E-state index is 6.23. The molecule has 19 heavy (non-hydrogen) atoms. The van der Waals surface area contributed by atoms with Crippen molar-refractivity contribution in [3.8, 4) is 0 Å². The molecule has 5 heteroatoms. The largest absolute Gasteiger partial charge is 0.368 e. The SMILES string of the molecule is Nc1ncc(Cl)c(N2CCCCc3ccccc32)n1. The lowest BCUT2D eigenvalue weighted by Crippen LogP contribution is -2.20. The first-order valence-corrected chi connectivity index (χ1v) is 6.77. The smallest absolute Gasteiger partial charge is 0.222 e. The quantitative estimate of drug-likeness (QED) is 0.868. The van der Waals surface area contributed by atoms with Crippen LogP contribution in [0.5, 0.6) is 0 Å². The van der Waals surface area contributed by atoms with Gasteiger partial charge in [-0.15, -0.1) is 0 Å². The van der Waals surface area contributed by atoms with E-state index in [0.29, 0.717) is 10.8 Å². The Kier molecular flexibility index (Phi) is 3.25. The second kappa shape index (κ2) is 5.05. The van der Waals surface area contributed by atoms with E-state index < -0.39 is 0 Å². The van der Waals surface area contributed by atoms with Crippen LogP contribution in [-0.4, -0.2) is 16.5 Å². The van der Waals surface area contributed by atoms with Gasteiger partial charge < -0.3 is 10.6 Å². The van der Waals surface area contributed by atoms with Gasteiger partial charge in [-0.05, 0) is 30.9 Å². The number of halogens is 1. The summed E-state index contributed by atoms with van der Waals surface area (Å²) in [6.45, 7) is 0.896. The molecule has 0 bridgehead atoms. The zero-order chi connectivity index (χ0) is 13.2. The van der Waals surface area contributed by atoms with E-state index in [2.05, 4.69) is 33.1 Å². The maximum Gasteiger partial charge on any atom is 0.222 e. The molecule has 2 heterocycles. The van der Waals surface area contributed by atoms with Gasteiger partial charge in [-0.2, -0.15) is 4.98 Å². The van der Waals surface area contributed by atoms with Crippen LogP contribution in [0.3, 0.4) is 0 Å². The molecule has 0 aliphatic carbocycles. The molecule has 0 unspecified atom stereocenters. The Labute approximate surface area is 117 Å². The zero-order valence-electron chi connectivity index (χ0n) is 10.5. The van der Waals surface area contributed by atoms with Crippen LogP contribution in [0.15, 0.2) is 30.5 Å². The van der Waals surface area contributed by atoms with Crippen LogP contribution < -0.4 is 10.6 Å². The average Bonchev–Trinajstić information content (AvgIpc) is 2.64. The minimum absolute atomic E-state index is 0.251. The van der Waals surface area contributed by atoms with Gasteiger partial charge in [-0.1, -0.05) is 29.8 Å². The highest BCUT2D eigenvalue weighted by atomic mass is 35.5. The van der Waals surface area contributed by atoms with Crippen molar-refractivity contribution in [1.29, 1.82) is 0 Å². The van der Waals surface area contributed by atoms with Crippen molar-refractivity contribution < 1.29 is 0 Å². The number of hydrogen-bond acceptors (Lipinski definition) is 4. The fourth-order valence-corrected chi connectivity index (χ4v) is 2.67. The maximum absolute atomic E-state index is 6.23. The predicted molar refractivity (Wildman–Crippen MR) is 77.8 cm³/mol. The number of nitrogen functional groups attached to an aromatic ring is 1. The predicted octanol–water partition coefficient (Wildman–Crippen LogP) is 3.19. The van der Waals surface area contributed by atoms with Gasteiger partial charge in [-0.25, -0.2) is 4.98 Å². The zero-order valence-corrected chi connectivity index (χ0v) is 11.3. The summed E-state index contributed by atoms with van der Waals surface area (Å²) in [5.74, 6) is 0.949. The monoisotopic (exact) mass is 274 g/mol. The molecule has 0 saturated heterocycles. The summed E-state index contributed by atoms with van der Waals surface area (Å²) < 4.78 is 0. The molecular weight excluding hydrogens is 260 g/mol. The summed E-state index contributed by atoms with van der Waals surface area (Å²) >= 11 is 6.23. The Bertz CT molecular complexity index is 600. The fourth-order valence-electron chi connectivity index (χ4n) is 2.47. The van der Waals surface area contributed by atoms with E-state index in [1.807, 2.05) is 6.07 Å². The van der Waals surface area contributed by atoms with Gasteiger partial charge in [0.25, 0.3) is 0 Å². The topological polar surface area (TPSA) is 55.0 Å². The normalized spacial score (nSPS) is 14.9. The van der Waals surface area contributed by atoms with Crippen LogP contribution in [0.2, 0.25) is 5.02 Å². The molecule has 3 rings (SSSR count). The molecule has 0 atom stereocenters. The number of aryl methyl sites for hydroxylation is 1. The first-order valence-electron chi connectivity index (χ1n) is 6.39. The Morgan fingerprint density at radius 2 is 2.05 bits per heavy atom. The van der Waals surface area contributed by atoms with Crippen molar-refractivity contribution in [2.45, 2.75) is 19.3 Å². The highest BCUT2D eigenvalue weighted by molar-refractivity contribution is 6.33. The first kappa shape index (κ1) is 12.2. The van der Waals surface area contributed by atoms with Crippen LogP contribution in [0.25, 0.3) is 0 Å². The Morgan fingerprint density at radius 1 is 1.21 bits per heavy atom. The summed E-state index contributed by atoms with van der Waals surface area (Å²) in [6.07, 6.45) is 4.93. The highest BCUT2D eigenvalue weighted by Crippen LogP contribution is 2.34. The van der Waals surface area contributed by atoms with Crippen molar-refractivity contribution in [3.63, 3.8) is 0 Å². The number of benzene rings is 1. The van der Waals surface area contributed by atoms with Crippen LogP contribution in [0, 0.1) is 0 Å². The minimum Gasteiger partial charge on any atom is -0.368 e. The van der Waals surface area contributed by atoms with Gasteiger partial charge >= 0.3 is 0 Å². The second-order valence-corrected chi connectivity index (χ2v) is 5.04. The van der Waals surface area contributed by atoms with Gasteiger partial charge in [0, 0.05) is 12.2 Å². The van der Waals surface area contributed by atoms with Crippen molar-refractivity contribution >= 4 is 29.1 Å². The lowest BCUT2D eigenvalue weighted by Gasteiger charge is -2.24. The van der Waals surface area contributed by atoms with Crippen LogP contribution in [0.1, 0.15) is 18.4 Å². The summed E-state index contributed by atoms with van der Waals surface area (Å²) in [6, 6.07) is 8.37. The molecule has 0 spiro atoms. The lowest BCUT2D eigenvalue weighted by atomic mass is 10.1. The number of aromatic nitrogens is 2. The molecule has 1 aliphatic heterocycles. The number of rotatable bonds is 1. The Hall–Kier alpha value is -1.81. The second-order valence-electron chi connectivity index (χ2n) is 4.64. The molecule has 1 aliphatic rings. The highest BCUT2D eigenvalue weighted by Gasteiger charge is 2.20. The molecular formula is C14H15ClN4. The molecule has 0 fully saturated rings.